The highest BCUT2D eigenvalue weighted by atomic mass is 32.1. The Morgan fingerprint density at radius 1 is 0.760 bits per heavy atom. The van der Waals surface area contributed by atoms with Crippen molar-refractivity contribution >= 4 is 64.1 Å². The van der Waals surface area contributed by atoms with E-state index in [1.54, 1.807) is 43.3 Å². The van der Waals surface area contributed by atoms with Gasteiger partial charge in [0, 0.05) is 121 Å². The van der Waals surface area contributed by atoms with Crippen LogP contribution >= 0.6 is 11.3 Å². The van der Waals surface area contributed by atoms with Gasteiger partial charge in [0.05, 0.1) is 53.2 Å². The van der Waals surface area contributed by atoms with Crippen LogP contribution in [0.4, 0.5) is 30.5 Å². The largest absolute Gasteiger partial charge is 0.483 e. The van der Waals surface area contributed by atoms with Gasteiger partial charge in [-0.25, -0.2) is 28.1 Å². The number of aliphatic hydroxyl groups is 1. The van der Waals surface area contributed by atoms with Crippen LogP contribution in [0.3, 0.4) is 0 Å². The van der Waals surface area contributed by atoms with Crippen LogP contribution in [0.1, 0.15) is 127 Å². The summed E-state index contributed by atoms with van der Waals surface area (Å²) < 4.78 is 58.3. The Hall–Kier alpha value is -8.02. The Balaban J connectivity index is 0.524. The number of nitrogens with one attached hydrogen (secondary N) is 6. The first-order valence-electron chi connectivity index (χ1n) is 36.8. The van der Waals surface area contributed by atoms with E-state index in [0.717, 1.165) is 105 Å². The van der Waals surface area contributed by atoms with Crippen molar-refractivity contribution in [2.75, 3.05) is 127 Å². The number of thiazole rings is 1. The molecule has 2 spiro atoms. The number of β-amino-alcohol motifs (C(OH)–C–C–N with tert-alkyl or cyclic N) is 1. The minimum Gasteiger partial charge on any atom is -0.483 e. The summed E-state index contributed by atoms with van der Waals surface area (Å²) in [5, 5.41) is 28.8. The molecule has 6 amide bonds. The zero-order valence-corrected chi connectivity index (χ0v) is 61.7. The average molecular weight is 1460 g/mol. The van der Waals surface area contributed by atoms with Crippen LogP contribution in [0, 0.1) is 34.8 Å². The molecule has 7 N–H and O–H groups in total. The molecule has 0 bridgehead atoms. The molecule has 104 heavy (non-hydrogen) atoms. The highest BCUT2D eigenvalue weighted by molar-refractivity contribution is 7.13. The molecular formula is C76H102F3N15O9S. The number of carbonyl (C=O) groups is 6. The number of rotatable bonds is 28. The number of ether oxygens (including phenoxy) is 2. The lowest BCUT2D eigenvalue weighted by atomic mass is 9.82. The first-order valence-corrected chi connectivity index (χ1v) is 37.7. The Bertz CT molecular complexity index is 3910. The number of piperidine rings is 2. The molecule has 1 saturated carbocycles. The summed E-state index contributed by atoms with van der Waals surface area (Å²) in [6.07, 6.45) is 6.45. The van der Waals surface area contributed by atoms with Crippen molar-refractivity contribution in [2.45, 2.75) is 161 Å². The summed E-state index contributed by atoms with van der Waals surface area (Å²) in [4.78, 5) is 107. The van der Waals surface area contributed by atoms with Gasteiger partial charge in [-0.2, -0.15) is 0 Å². The number of amides is 6. The number of nitrogens with zero attached hydrogens (tertiary/aromatic N) is 9. The number of benzene rings is 3. The molecule has 28 heteroatoms. The molecule has 3 aromatic carbocycles. The van der Waals surface area contributed by atoms with Crippen molar-refractivity contribution in [3.05, 3.63) is 112 Å². The highest BCUT2D eigenvalue weighted by Gasteiger charge is 2.54. The van der Waals surface area contributed by atoms with E-state index in [9.17, 15) is 38.3 Å². The van der Waals surface area contributed by atoms with E-state index in [-0.39, 0.29) is 86.3 Å². The summed E-state index contributed by atoms with van der Waals surface area (Å²) in [5.41, 5.74) is 3.42. The maximum absolute atomic E-state index is 15.8. The van der Waals surface area contributed by atoms with Gasteiger partial charge in [-0.3, -0.25) is 33.7 Å². The zero-order chi connectivity index (χ0) is 73.6. The molecular weight excluding hydrogens is 1360 g/mol. The van der Waals surface area contributed by atoms with E-state index < -0.39 is 64.2 Å². The third kappa shape index (κ3) is 19.1. The van der Waals surface area contributed by atoms with E-state index in [4.69, 9.17) is 9.47 Å². The summed E-state index contributed by atoms with van der Waals surface area (Å²) >= 11 is 1.46. The molecule has 5 aromatic rings. The molecule has 6 saturated heterocycles. The summed E-state index contributed by atoms with van der Waals surface area (Å²) in [6.45, 7) is 22.0. The number of carbonyl (C=O) groups excluding carboxylic acids is 6. The highest BCUT2D eigenvalue weighted by Crippen LogP contribution is 2.42. The lowest BCUT2D eigenvalue weighted by Crippen LogP contribution is -2.66. The average Bonchev–Trinajstić information content (AvgIpc) is 1.37. The Morgan fingerprint density at radius 3 is 2.21 bits per heavy atom. The van der Waals surface area contributed by atoms with Crippen molar-refractivity contribution < 1.29 is 56.5 Å². The predicted octanol–water partition coefficient (Wildman–Crippen LogP) is 6.62. The Labute approximate surface area is 611 Å². The van der Waals surface area contributed by atoms with Crippen LogP contribution in [0.25, 0.3) is 10.4 Å². The molecule has 1 aliphatic carbocycles. The maximum atomic E-state index is 15.8. The number of likely N-dealkylation sites (tertiary alicyclic amines) is 4. The molecule has 12 rings (SSSR count). The normalized spacial score (nSPS) is 22.0. The second-order valence-corrected chi connectivity index (χ2v) is 32.6. The van der Waals surface area contributed by atoms with Gasteiger partial charge in [0.2, 0.25) is 23.6 Å². The van der Waals surface area contributed by atoms with Gasteiger partial charge in [0.15, 0.2) is 12.3 Å². The van der Waals surface area contributed by atoms with Crippen molar-refractivity contribution in [3.63, 3.8) is 0 Å². The lowest BCUT2D eigenvalue weighted by Gasteiger charge is -2.48. The lowest BCUT2D eigenvalue weighted by molar-refractivity contribution is -0.145. The molecule has 8 heterocycles. The van der Waals surface area contributed by atoms with E-state index in [0.29, 0.717) is 101 Å². The topological polar surface area (TPSA) is 271 Å². The minimum atomic E-state index is -2.00. The number of halogens is 3. The Kier molecular flexibility index (Phi) is 23.5. The molecule has 2 aromatic heterocycles. The number of piperazine rings is 1. The number of anilines is 3. The van der Waals surface area contributed by atoms with Gasteiger partial charge >= 0.3 is 0 Å². The third-order valence-electron chi connectivity index (χ3n) is 22.0. The SMILES string of the molecule is Cc1ncsc1-c1ccc(CNC(=O)[C@@H]2C[C@@H](O)CN2C(=O)[C@@H](NC(=O)C2(F)CC2)C(C)(C)C)c(OCC(=O)NCCOCCN2CC[C@@]3(CCN(CCC(=O)NCc4cccc(CNc5cc(N6CCC7(CC6)CN(c6cc(F)c(CN8CCC(C)(C)CC8)cc6F)CC(=O)N7)ncn5)c4)C3)C2)c1. The van der Waals surface area contributed by atoms with Gasteiger partial charge in [-0.05, 0) is 130 Å². The molecule has 0 radical (unpaired) electrons. The molecule has 0 unspecified atom stereocenters. The smallest absolute Gasteiger partial charge is 0.258 e. The van der Waals surface area contributed by atoms with Gasteiger partial charge in [0.25, 0.3) is 11.8 Å². The second kappa shape index (κ2) is 32.4. The molecule has 562 valence electrons. The van der Waals surface area contributed by atoms with Crippen LogP contribution in [-0.2, 0) is 59.7 Å². The standard InChI is InChI=1S/C76H102F3N15O9S/c1-50-67(104-49-86-50)53-10-11-54(40-83-69(99)60-35-56(95)42-94(60)70(100)68(72(2,3)4)87-71(101)76(79)13-14-76)61(34-53)103-44-66(98)80-21-30-102-31-29-91-26-18-74(46-91)17-25-90(45-74)22-12-64(96)82-39-52-9-7-8-51(32-52)38-81-62-37-63(85-48-84-62)92-27-19-75(20-28-92)47-93(43-65(97)88-75)59-36-57(77)55(33-58(59)78)41-89-23-15-73(5,6)16-24-89/h7-11,32-34,36-37,48-49,56,60,68,95H,12-31,35,38-47H2,1-6H3,(H,80,98)(H,82,96)(H,83,99)(H,87,101)(H,88,97)(H,81,84,85)/t56-,60+,68-,74-/m1/s1. The molecule has 24 nitrogen and oxygen atoms in total. The van der Waals surface area contributed by atoms with Gasteiger partial charge in [-0.1, -0.05) is 71.0 Å². The van der Waals surface area contributed by atoms with Crippen LogP contribution in [-0.4, -0.2) is 216 Å². The summed E-state index contributed by atoms with van der Waals surface area (Å²) in [5.74, 6) is -1.74. The molecule has 6 aliphatic heterocycles. The molecule has 4 atom stereocenters. The van der Waals surface area contributed by atoms with E-state index in [1.165, 1.54) is 34.7 Å². The fraction of sp³-hybridized carbons (Fsp3) is 0.592. The Morgan fingerprint density at radius 2 is 1.49 bits per heavy atom. The number of hydrogen-bond donors (Lipinski definition) is 7. The third-order valence-corrected chi connectivity index (χ3v) is 23.0. The van der Waals surface area contributed by atoms with Gasteiger partial charge < -0.3 is 71.0 Å². The fourth-order valence-corrected chi connectivity index (χ4v) is 16.2. The van der Waals surface area contributed by atoms with E-state index in [2.05, 4.69) is 86.4 Å². The van der Waals surface area contributed by atoms with Crippen molar-refractivity contribution in [1.82, 2.24) is 61.1 Å². The first kappa shape index (κ1) is 75.7. The number of alkyl halides is 1. The number of aliphatic hydroxyl groups excluding tert-OH is 1. The van der Waals surface area contributed by atoms with Crippen LogP contribution in [0.15, 0.2) is 72.5 Å². The van der Waals surface area contributed by atoms with E-state index >= 15 is 8.78 Å². The maximum Gasteiger partial charge on any atom is 0.258 e. The fourth-order valence-electron chi connectivity index (χ4n) is 15.4. The first-order chi connectivity index (χ1) is 49.7. The number of aryl methyl sites for hydroxylation is 1. The summed E-state index contributed by atoms with van der Waals surface area (Å²) in [6, 6.07) is 15.9. The van der Waals surface area contributed by atoms with E-state index in [1.807, 2.05) is 37.3 Å². The summed E-state index contributed by atoms with van der Waals surface area (Å²) in [7, 11) is 0. The van der Waals surface area contributed by atoms with Gasteiger partial charge in [-0.15, -0.1) is 11.3 Å². The molecule has 7 fully saturated rings. The second-order valence-electron chi connectivity index (χ2n) is 31.7. The van der Waals surface area contributed by atoms with Gasteiger partial charge in [0.1, 0.15) is 47.4 Å². The van der Waals surface area contributed by atoms with Crippen LogP contribution in [0.2, 0.25) is 0 Å². The zero-order valence-electron chi connectivity index (χ0n) is 60.9. The number of aromatic nitrogens is 3. The quantitative estimate of drug-likeness (QED) is 0.0259. The van der Waals surface area contributed by atoms with Crippen molar-refractivity contribution in [1.29, 1.82) is 0 Å². The van der Waals surface area contributed by atoms with Crippen LogP contribution < -0.4 is 46.4 Å². The van der Waals surface area contributed by atoms with Crippen LogP contribution in [0.5, 0.6) is 5.75 Å². The minimum absolute atomic E-state index is 0.00238. The van der Waals surface area contributed by atoms with Crippen molar-refractivity contribution in [3.8, 4) is 16.2 Å². The predicted molar refractivity (Wildman–Crippen MR) is 390 cm³/mol. The van der Waals surface area contributed by atoms with Crippen molar-refractivity contribution in [2.24, 2.45) is 16.2 Å². The monoisotopic (exact) mass is 1460 g/mol. The molecule has 7 aliphatic rings. The number of hydrogen-bond acceptors (Lipinski definition) is 19.